The third-order valence-electron chi connectivity index (χ3n) is 2.99. The zero-order valence-corrected chi connectivity index (χ0v) is 10.4. The summed E-state index contributed by atoms with van der Waals surface area (Å²) in [5.41, 5.74) is 1.08. The minimum Gasteiger partial charge on any atom is -0.496 e. The summed E-state index contributed by atoms with van der Waals surface area (Å²) < 4.78 is 15.7. The minimum absolute atomic E-state index is 0.101. The number of carbonyl (C=O) groups is 1. The summed E-state index contributed by atoms with van der Waals surface area (Å²) in [6.45, 7) is 0.196. The van der Waals surface area contributed by atoms with Gasteiger partial charge >= 0.3 is 0 Å². The van der Waals surface area contributed by atoms with Gasteiger partial charge in [0.15, 0.2) is 17.3 Å². The second-order valence-corrected chi connectivity index (χ2v) is 4.10. The van der Waals surface area contributed by atoms with Crippen molar-refractivity contribution in [2.45, 2.75) is 0 Å². The molecule has 0 aliphatic carbocycles. The van der Waals surface area contributed by atoms with Crippen molar-refractivity contribution < 1.29 is 19.0 Å². The lowest BCUT2D eigenvalue weighted by molar-refractivity contribution is 0.103. The van der Waals surface area contributed by atoms with Crippen LogP contribution >= 0.6 is 0 Å². The van der Waals surface area contributed by atoms with Crippen molar-refractivity contribution in [3.63, 3.8) is 0 Å². The molecule has 0 fully saturated rings. The van der Waals surface area contributed by atoms with Gasteiger partial charge < -0.3 is 14.2 Å². The van der Waals surface area contributed by atoms with E-state index in [4.69, 9.17) is 14.2 Å². The molecule has 0 bridgehead atoms. The van der Waals surface area contributed by atoms with E-state index in [1.165, 1.54) is 0 Å². The summed E-state index contributed by atoms with van der Waals surface area (Å²) in [6, 6.07) is 12.3. The highest BCUT2D eigenvalue weighted by molar-refractivity contribution is 6.11. The molecule has 0 unspecified atom stereocenters. The van der Waals surface area contributed by atoms with Crippen LogP contribution in [-0.2, 0) is 0 Å². The van der Waals surface area contributed by atoms with Crippen LogP contribution in [0.25, 0.3) is 0 Å². The van der Waals surface area contributed by atoms with E-state index in [1.807, 2.05) is 12.1 Å². The summed E-state index contributed by atoms with van der Waals surface area (Å²) in [5.74, 6) is 1.72. The van der Waals surface area contributed by atoms with Crippen molar-refractivity contribution >= 4 is 5.78 Å². The van der Waals surface area contributed by atoms with E-state index < -0.39 is 0 Å². The van der Waals surface area contributed by atoms with Gasteiger partial charge in [0, 0.05) is 5.56 Å². The molecule has 0 saturated carbocycles. The molecule has 2 aromatic rings. The number of methoxy groups -OCH3 is 1. The molecular formula is C15H12O4. The number of benzene rings is 2. The fourth-order valence-corrected chi connectivity index (χ4v) is 2.03. The summed E-state index contributed by atoms with van der Waals surface area (Å²) in [7, 11) is 1.55. The first-order valence-corrected chi connectivity index (χ1v) is 5.87. The van der Waals surface area contributed by atoms with Gasteiger partial charge in [-0.1, -0.05) is 12.1 Å². The lowest BCUT2D eigenvalue weighted by Crippen LogP contribution is -2.03. The normalized spacial score (nSPS) is 12.3. The van der Waals surface area contributed by atoms with Crippen LogP contribution in [0.5, 0.6) is 17.2 Å². The Morgan fingerprint density at radius 1 is 1.11 bits per heavy atom. The number of fused-ring (bicyclic) bond motifs is 1. The van der Waals surface area contributed by atoms with Crippen molar-refractivity contribution in [3.8, 4) is 17.2 Å². The first kappa shape index (κ1) is 11.6. The zero-order valence-electron chi connectivity index (χ0n) is 10.4. The van der Waals surface area contributed by atoms with Gasteiger partial charge in [0.05, 0.1) is 12.7 Å². The molecule has 0 atom stereocenters. The second-order valence-electron chi connectivity index (χ2n) is 4.10. The van der Waals surface area contributed by atoms with E-state index in [-0.39, 0.29) is 12.6 Å². The van der Waals surface area contributed by atoms with Crippen LogP contribution in [0, 0.1) is 0 Å². The van der Waals surface area contributed by atoms with Crippen molar-refractivity contribution in [1.29, 1.82) is 0 Å². The van der Waals surface area contributed by atoms with E-state index in [0.29, 0.717) is 28.4 Å². The zero-order chi connectivity index (χ0) is 13.2. The van der Waals surface area contributed by atoms with Gasteiger partial charge in [0.25, 0.3) is 0 Å². The fraction of sp³-hybridized carbons (Fsp3) is 0.133. The van der Waals surface area contributed by atoms with Crippen molar-refractivity contribution in [2.24, 2.45) is 0 Å². The van der Waals surface area contributed by atoms with E-state index in [0.717, 1.165) is 0 Å². The van der Waals surface area contributed by atoms with E-state index in [2.05, 4.69) is 0 Å². The average molecular weight is 256 g/mol. The molecule has 4 nitrogen and oxygen atoms in total. The maximum atomic E-state index is 12.4. The molecule has 0 amide bonds. The van der Waals surface area contributed by atoms with Gasteiger partial charge in [-0.25, -0.2) is 0 Å². The molecule has 1 aliphatic rings. The maximum absolute atomic E-state index is 12.4. The molecule has 0 N–H and O–H groups in total. The summed E-state index contributed by atoms with van der Waals surface area (Å²) in [4.78, 5) is 12.4. The molecule has 1 heterocycles. The molecule has 19 heavy (non-hydrogen) atoms. The summed E-state index contributed by atoms with van der Waals surface area (Å²) >= 11 is 0. The van der Waals surface area contributed by atoms with Crippen LogP contribution < -0.4 is 14.2 Å². The Morgan fingerprint density at radius 3 is 2.74 bits per heavy atom. The quantitative estimate of drug-likeness (QED) is 0.792. The first-order chi connectivity index (χ1) is 9.29. The van der Waals surface area contributed by atoms with E-state index in [1.54, 1.807) is 37.4 Å². The minimum atomic E-state index is -0.101. The smallest absolute Gasteiger partial charge is 0.231 e. The molecule has 3 rings (SSSR count). The number of para-hydroxylation sites is 1. The standard InChI is InChI=1S/C15H12O4/c1-17-12-5-3-2-4-11(12)15(16)10-6-7-13-14(8-10)19-9-18-13/h2-8H,9H2,1H3. The molecule has 4 heteroatoms. The highest BCUT2D eigenvalue weighted by Crippen LogP contribution is 2.33. The number of rotatable bonds is 3. The molecule has 0 aromatic heterocycles. The molecule has 2 aromatic carbocycles. The summed E-state index contributed by atoms with van der Waals surface area (Å²) in [5, 5.41) is 0. The Hall–Kier alpha value is -2.49. The molecule has 0 spiro atoms. The lowest BCUT2D eigenvalue weighted by Gasteiger charge is -2.07. The maximum Gasteiger partial charge on any atom is 0.231 e. The molecule has 96 valence electrons. The lowest BCUT2D eigenvalue weighted by atomic mass is 10.0. The van der Waals surface area contributed by atoms with Crippen LogP contribution in [0.1, 0.15) is 15.9 Å². The van der Waals surface area contributed by atoms with Crippen LogP contribution in [0.4, 0.5) is 0 Å². The van der Waals surface area contributed by atoms with Gasteiger partial charge in [-0.05, 0) is 30.3 Å². The number of hydrogen-bond donors (Lipinski definition) is 0. The van der Waals surface area contributed by atoms with E-state index >= 15 is 0 Å². The number of ketones is 1. The fourth-order valence-electron chi connectivity index (χ4n) is 2.03. The third kappa shape index (κ3) is 2.01. The highest BCUT2D eigenvalue weighted by Gasteiger charge is 2.19. The Morgan fingerprint density at radius 2 is 1.89 bits per heavy atom. The van der Waals surface area contributed by atoms with Gasteiger partial charge in [0.1, 0.15) is 5.75 Å². The van der Waals surface area contributed by atoms with Crippen LogP contribution in [0.2, 0.25) is 0 Å². The Kier molecular flexibility index (Phi) is 2.83. The van der Waals surface area contributed by atoms with Gasteiger partial charge in [-0.3, -0.25) is 4.79 Å². The first-order valence-electron chi connectivity index (χ1n) is 5.87. The van der Waals surface area contributed by atoms with Crippen LogP contribution in [0.15, 0.2) is 42.5 Å². The molecule has 0 radical (unpaired) electrons. The largest absolute Gasteiger partial charge is 0.496 e. The highest BCUT2D eigenvalue weighted by atomic mass is 16.7. The van der Waals surface area contributed by atoms with Crippen LogP contribution in [-0.4, -0.2) is 19.7 Å². The Balaban J connectivity index is 2.00. The van der Waals surface area contributed by atoms with Crippen molar-refractivity contribution in [3.05, 3.63) is 53.6 Å². The third-order valence-corrected chi connectivity index (χ3v) is 2.99. The molecular weight excluding hydrogens is 244 g/mol. The molecule has 1 aliphatic heterocycles. The number of hydrogen-bond acceptors (Lipinski definition) is 4. The van der Waals surface area contributed by atoms with Gasteiger partial charge in [0.2, 0.25) is 6.79 Å². The predicted molar refractivity (Wildman–Crippen MR) is 69.0 cm³/mol. The Bertz CT molecular complexity index is 634. The predicted octanol–water partition coefficient (Wildman–Crippen LogP) is 2.65. The van der Waals surface area contributed by atoms with Gasteiger partial charge in [-0.2, -0.15) is 0 Å². The average Bonchev–Trinajstić information content (AvgIpc) is 2.93. The van der Waals surface area contributed by atoms with Crippen LogP contribution in [0.3, 0.4) is 0 Å². The summed E-state index contributed by atoms with van der Waals surface area (Å²) in [6.07, 6.45) is 0. The number of carbonyl (C=O) groups excluding carboxylic acids is 1. The van der Waals surface area contributed by atoms with Crippen molar-refractivity contribution in [2.75, 3.05) is 13.9 Å². The SMILES string of the molecule is COc1ccccc1C(=O)c1ccc2c(c1)OCO2. The second kappa shape index (κ2) is 4.65. The molecule has 0 saturated heterocycles. The Labute approximate surface area is 110 Å². The number of ether oxygens (including phenoxy) is 3. The topological polar surface area (TPSA) is 44.8 Å². The monoisotopic (exact) mass is 256 g/mol. The van der Waals surface area contributed by atoms with E-state index in [9.17, 15) is 4.79 Å². The van der Waals surface area contributed by atoms with Crippen molar-refractivity contribution in [1.82, 2.24) is 0 Å². The van der Waals surface area contributed by atoms with Gasteiger partial charge in [-0.15, -0.1) is 0 Å².